The maximum atomic E-state index is 12.2. The van der Waals surface area contributed by atoms with Crippen LogP contribution in [0.15, 0.2) is 23.3 Å². The SMILES string of the molecule is COc1ccc(C(=O)NN=C(C)CC(=O)NC2CCCCCC2)cc1OC. The number of hydrazone groups is 1. The highest BCUT2D eigenvalue weighted by Crippen LogP contribution is 2.27. The number of nitrogens with one attached hydrogen (secondary N) is 2. The third kappa shape index (κ3) is 6.58. The van der Waals surface area contributed by atoms with E-state index >= 15 is 0 Å². The molecule has 1 aliphatic carbocycles. The molecule has 0 saturated heterocycles. The van der Waals surface area contributed by atoms with E-state index in [4.69, 9.17) is 9.47 Å². The monoisotopic (exact) mass is 375 g/mol. The number of ether oxygens (including phenoxy) is 2. The van der Waals surface area contributed by atoms with Crippen molar-refractivity contribution in [2.75, 3.05) is 14.2 Å². The second-order valence-corrected chi connectivity index (χ2v) is 6.79. The lowest BCUT2D eigenvalue weighted by atomic mass is 10.1. The molecular formula is C20H29N3O4. The molecule has 7 heteroatoms. The number of carbonyl (C=O) groups excluding carboxylic acids is 2. The van der Waals surface area contributed by atoms with Gasteiger partial charge in [-0.15, -0.1) is 0 Å². The molecule has 27 heavy (non-hydrogen) atoms. The second-order valence-electron chi connectivity index (χ2n) is 6.79. The predicted molar refractivity (Wildman–Crippen MR) is 104 cm³/mol. The Balaban J connectivity index is 1.86. The molecule has 0 atom stereocenters. The topological polar surface area (TPSA) is 89.0 Å². The maximum absolute atomic E-state index is 12.2. The van der Waals surface area contributed by atoms with Gasteiger partial charge in [-0.2, -0.15) is 5.10 Å². The molecule has 0 radical (unpaired) electrons. The smallest absolute Gasteiger partial charge is 0.271 e. The second kappa shape index (κ2) is 10.5. The van der Waals surface area contributed by atoms with Crippen LogP contribution in [0.4, 0.5) is 0 Å². The normalized spacial score (nSPS) is 15.6. The Bertz CT molecular complexity index is 680. The molecule has 148 valence electrons. The summed E-state index contributed by atoms with van der Waals surface area (Å²) in [6, 6.07) is 5.12. The van der Waals surface area contributed by atoms with Crippen molar-refractivity contribution in [3.05, 3.63) is 23.8 Å². The van der Waals surface area contributed by atoms with Gasteiger partial charge in [0, 0.05) is 17.3 Å². The van der Waals surface area contributed by atoms with Crippen LogP contribution in [0.1, 0.15) is 62.2 Å². The largest absolute Gasteiger partial charge is 0.493 e. The van der Waals surface area contributed by atoms with Crippen molar-refractivity contribution >= 4 is 17.5 Å². The van der Waals surface area contributed by atoms with E-state index in [1.807, 2.05) is 0 Å². The summed E-state index contributed by atoms with van der Waals surface area (Å²) in [6.45, 7) is 1.72. The first kappa shape index (κ1) is 20.7. The fourth-order valence-corrected chi connectivity index (χ4v) is 3.16. The van der Waals surface area contributed by atoms with Crippen LogP contribution in [0.3, 0.4) is 0 Å². The number of nitrogens with zero attached hydrogens (tertiary/aromatic N) is 1. The van der Waals surface area contributed by atoms with Gasteiger partial charge in [0.25, 0.3) is 5.91 Å². The fourth-order valence-electron chi connectivity index (χ4n) is 3.16. The zero-order valence-corrected chi connectivity index (χ0v) is 16.3. The first-order valence-electron chi connectivity index (χ1n) is 9.38. The van der Waals surface area contributed by atoms with E-state index < -0.39 is 0 Å². The molecule has 2 amide bonds. The summed E-state index contributed by atoms with van der Waals surface area (Å²) in [6.07, 6.45) is 7.07. The Morgan fingerprint density at radius 2 is 1.74 bits per heavy atom. The number of carbonyl (C=O) groups is 2. The maximum Gasteiger partial charge on any atom is 0.271 e. The van der Waals surface area contributed by atoms with Crippen LogP contribution < -0.4 is 20.2 Å². The lowest BCUT2D eigenvalue weighted by molar-refractivity contribution is -0.120. The van der Waals surface area contributed by atoms with Crippen LogP contribution >= 0.6 is 0 Å². The minimum atomic E-state index is -0.375. The molecule has 7 nitrogen and oxygen atoms in total. The molecule has 1 aliphatic rings. The van der Waals surface area contributed by atoms with Crippen LogP contribution in [0, 0.1) is 0 Å². The highest BCUT2D eigenvalue weighted by atomic mass is 16.5. The lowest BCUT2D eigenvalue weighted by Crippen LogP contribution is -2.35. The average Bonchev–Trinajstić information content (AvgIpc) is 2.93. The van der Waals surface area contributed by atoms with Gasteiger partial charge in [-0.3, -0.25) is 9.59 Å². The average molecular weight is 375 g/mol. The van der Waals surface area contributed by atoms with E-state index in [1.165, 1.54) is 39.9 Å². The first-order valence-corrected chi connectivity index (χ1v) is 9.38. The molecule has 1 saturated carbocycles. The molecule has 1 aromatic rings. The minimum absolute atomic E-state index is 0.0523. The molecular weight excluding hydrogens is 346 g/mol. The molecule has 2 N–H and O–H groups in total. The molecule has 0 aliphatic heterocycles. The zero-order valence-electron chi connectivity index (χ0n) is 16.3. The molecule has 1 fully saturated rings. The summed E-state index contributed by atoms with van der Waals surface area (Å²) in [4.78, 5) is 24.4. The standard InChI is InChI=1S/C20H29N3O4/c1-14(12-19(24)21-16-8-6-4-5-7-9-16)22-23-20(25)15-10-11-17(26-2)18(13-15)27-3/h10-11,13,16H,4-9,12H2,1-3H3,(H,21,24)(H,23,25). The summed E-state index contributed by atoms with van der Waals surface area (Å²) >= 11 is 0. The number of hydrogen-bond donors (Lipinski definition) is 2. The van der Waals surface area contributed by atoms with Crippen molar-refractivity contribution in [2.24, 2.45) is 5.10 Å². The molecule has 2 rings (SSSR count). The Labute approximate surface area is 160 Å². The van der Waals surface area contributed by atoms with Crippen LogP contribution in [0.2, 0.25) is 0 Å². The van der Waals surface area contributed by atoms with Crippen LogP contribution in [-0.4, -0.2) is 37.8 Å². The Morgan fingerprint density at radius 1 is 1.07 bits per heavy atom. The Hall–Kier alpha value is -2.57. The molecule has 0 bridgehead atoms. The van der Waals surface area contributed by atoms with Gasteiger partial charge in [-0.1, -0.05) is 25.7 Å². The van der Waals surface area contributed by atoms with Crippen LogP contribution in [-0.2, 0) is 4.79 Å². The molecule has 0 spiro atoms. The fraction of sp³-hybridized carbons (Fsp3) is 0.550. The summed E-state index contributed by atoms with van der Waals surface area (Å²) in [5, 5.41) is 7.11. The van der Waals surface area contributed by atoms with E-state index in [-0.39, 0.29) is 24.3 Å². The van der Waals surface area contributed by atoms with Crippen molar-refractivity contribution in [1.29, 1.82) is 0 Å². The summed E-state index contributed by atoms with van der Waals surface area (Å²) in [5.74, 6) is 0.584. The van der Waals surface area contributed by atoms with Gasteiger partial charge in [0.1, 0.15) is 0 Å². The van der Waals surface area contributed by atoms with Crippen molar-refractivity contribution < 1.29 is 19.1 Å². The highest BCUT2D eigenvalue weighted by Gasteiger charge is 2.15. The summed E-state index contributed by atoms with van der Waals surface area (Å²) < 4.78 is 10.3. The number of rotatable bonds is 7. The molecule has 0 aromatic heterocycles. The van der Waals surface area contributed by atoms with Gasteiger partial charge < -0.3 is 14.8 Å². The highest BCUT2D eigenvalue weighted by molar-refractivity contribution is 6.01. The van der Waals surface area contributed by atoms with Crippen molar-refractivity contribution in [3.63, 3.8) is 0 Å². The van der Waals surface area contributed by atoms with E-state index in [2.05, 4.69) is 15.8 Å². The molecule has 0 heterocycles. The van der Waals surface area contributed by atoms with E-state index in [0.29, 0.717) is 22.8 Å². The van der Waals surface area contributed by atoms with E-state index in [9.17, 15) is 9.59 Å². The quantitative estimate of drug-likeness (QED) is 0.435. The third-order valence-electron chi connectivity index (χ3n) is 4.63. The first-order chi connectivity index (χ1) is 13.0. The molecule has 0 unspecified atom stereocenters. The number of benzene rings is 1. The summed E-state index contributed by atoms with van der Waals surface area (Å²) in [5.41, 5.74) is 3.43. The van der Waals surface area contributed by atoms with Gasteiger partial charge in [0.05, 0.1) is 20.6 Å². The van der Waals surface area contributed by atoms with Crippen LogP contribution in [0.5, 0.6) is 11.5 Å². The number of hydrogen-bond acceptors (Lipinski definition) is 5. The zero-order chi connectivity index (χ0) is 19.6. The van der Waals surface area contributed by atoms with Crippen molar-refractivity contribution in [1.82, 2.24) is 10.7 Å². The van der Waals surface area contributed by atoms with E-state index in [1.54, 1.807) is 25.1 Å². The van der Waals surface area contributed by atoms with E-state index in [0.717, 1.165) is 12.8 Å². The van der Waals surface area contributed by atoms with Gasteiger partial charge in [0.2, 0.25) is 5.91 Å². The predicted octanol–water partition coefficient (Wildman–Crippen LogP) is 3.04. The Kier molecular flexibility index (Phi) is 8.10. The summed E-state index contributed by atoms with van der Waals surface area (Å²) in [7, 11) is 3.04. The molecule has 1 aromatic carbocycles. The number of amides is 2. The van der Waals surface area contributed by atoms with Crippen molar-refractivity contribution in [3.8, 4) is 11.5 Å². The van der Waals surface area contributed by atoms with Gasteiger partial charge >= 0.3 is 0 Å². The lowest BCUT2D eigenvalue weighted by Gasteiger charge is -2.16. The third-order valence-corrected chi connectivity index (χ3v) is 4.63. The number of methoxy groups -OCH3 is 2. The van der Waals surface area contributed by atoms with Gasteiger partial charge in [-0.05, 0) is 38.0 Å². The minimum Gasteiger partial charge on any atom is -0.493 e. The van der Waals surface area contributed by atoms with Gasteiger partial charge in [0.15, 0.2) is 11.5 Å². The van der Waals surface area contributed by atoms with Gasteiger partial charge in [-0.25, -0.2) is 5.43 Å². The van der Waals surface area contributed by atoms with Crippen LogP contribution in [0.25, 0.3) is 0 Å². The van der Waals surface area contributed by atoms with Crippen molar-refractivity contribution in [2.45, 2.75) is 57.9 Å². The Morgan fingerprint density at radius 3 is 2.37 bits per heavy atom.